The van der Waals surface area contributed by atoms with Gasteiger partial charge < -0.3 is 10.1 Å². The molecular formula is C30H30N6O2. The molecule has 192 valence electrons. The molecule has 8 nitrogen and oxygen atoms in total. The van der Waals surface area contributed by atoms with Gasteiger partial charge in [0.05, 0.1) is 11.8 Å². The molecule has 4 aromatic rings. The number of pyridine rings is 1. The van der Waals surface area contributed by atoms with Gasteiger partial charge in [0.2, 0.25) is 0 Å². The third-order valence-electron chi connectivity index (χ3n) is 6.89. The predicted molar refractivity (Wildman–Crippen MR) is 146 cm³/mol. The van der Waals surface area contributed by atoms with E-state index >= 15 is 0 Å². The van der Waals surface area contributed by atoms with Crippen molar-refractivity contribution in [2.45, 2.75) is 44.4 Å². The van der Waals surface area contributed by atoms with Crippen molar-refractivity contribution < 1.29 is 9.53 Å². The van der Waals surface area contributed by atoms with Gasteiger partial charge in [-0.05, 0) is 61.1 Å². The van der Waals surface area contributed by atoms with Gasteiger partial charge in [0, 0.05) is 42.8 Å². The Morgan fingerprint density at radius 2 is 1.79 bits per heavy atom. The first-order valence-corrected chi connectivity index (χ1v) is 12.8. The van der Waals surface area contributed by atoms with Crippen molar-refractivity contribution in [3.8, 4) is 17.2 Å². The summed E-state index contributed by atoms with van der Waals surface area (Å²) < 4.78 is 7.56. The number of nitrogens with zero attached hydrogens (tertiary/aromatic N) is 5. The molecule has 1 N–H and O–H groups in total. The van der Waals surface area contributed by atoms with Gasteiger partial charge in [-0.3, -0.25) is 9.58 Å². The summed E-state index contributed by atoms with van der Waals surface area (Å²) in [6.07, 6.45) is 8.49. The number of aryl methyl sites for hydroxylation is 1. The lowest BCUT2D eigenvalue weighted by molar-refractivity contribution is 0.142. The Balaban J connectivity index is 1.29. The minimum absolute atomic E-state index is 0.0227. The summed E-state index contributed by atoms with van der Waals surface area (Å²) >= 11 is 0. The zero-order valence-electron chi connectivity index (χ0n) is 21.3. The average Bonchev–Trinajstić information content (AvgIpc) is 3.40. The molecule has 2 heterocycles. The maximum atomic E-state index is 13.4. The van der Waals surface area contributed by atoms with Crippen LogP contribution in [-0.2, 0) is 18.4 Å². The summed E-state index contributed by atoms with van der Waals surface area (Å²) in [5, 5.41) is 16.7. The van der Waals surface area contributed by atoms with Crippen LogP contribution in [0, 0.1) is 11.3 Å². The Morgan fingerprint density at radius 3 is 2.42 bits per heavy atom. The third-order valence-corrected chi connectivity index (χ3v) is 6.89. The number of ether oxygens (including phenoxy) is 1. The van der Waals surface area contributed by atoms with Gasteiger partial charge in [0.25, 0.3) is 0 Å². The first-order valence-electron chi connectivity index (χ1n) is 12.8. The number of aromatic nitrogens is 3. The second kappa shape index (κ2) is 11.6. The van der Waals surface area contributed by atoms with Gasteiger partial charge in [-0.2, -0.15) is 10.4 Å². The van der Waals surface area contributed by atoms with Crippen molar-refractivity contribution in [2.24, 2.45) is 7.05 Å². The molecule has 1 saturated carbocycles. The Kier molecular flexibility index (Phi) is 7.65. The van der Waals surface area contributed by atoms with Gasteiger partial charge in [-0.25, -0.2) is 9.78 Å². The Morgan fingerprint density at radius 1 is 1.03 bits per heavy atom. The van der Waals surface area contributed by atoms with Gasteiger partial charge in [0.1, 0.15) is 18.5 Å². The first-order chi connectivity index (χ1) is 18.6. The zero-order chi connectivity index (χ0) is 26.3. The van der Waals surface area contributed by atoms with Crippen LogP contribution < -0.4 is 10.2 Å². The molecule has 2 aromatic carbocycles. The molecule has 0 saturated heterocycles. The molecule has 0 unspecified atom stereocenters. The quantitative estimate of drug-likeness (QED) is 0.334. The molecule has 0 bridgehead atoms. The topological polar surface area (TPSA) is 96.1 Å². The number of amides is 1. The van der Waals surface area contributed by atoms with Crippen molar-refractivity contribution in [1.82, 2.24) is 14.8 Å². The van der Waals surface area contributed by atoms with Crippen molar-refractivity contribution in [1.29, 1.82) is 5.26 Å². The standard InChI is InChI=1S/C30H30N6O2/c1-35-20-25(19-33-35)24-8-12-27(13-9-24)36(30(37)38-21-22-5-3-2-4-6-22)28-14-10-26(11-15-28)34-29-16-7-23(17-31)18-32-29/h2-9,12-13,16,18-20,26,28H,10-11,14-15,21H2,1H3,(H,32,34)/t26-,28-. The monoisotopic (exact) mass is 506 g/mol. The lowest BCUT2D eigenvalue weighted by Crippen LogP contribution is -2.44. The molecule has 1 fully saturated rings. The zero-order valence-corrected chi connectivity index (χ0v) is 21.3. The van der Waals surface area contributed by atoms with E-state index in [0.29, 0.717) is 5.56 Å². The summed E-state index contributed by atoms with van der Waals surface area (Å²) in [4.78, 5) is 19.6. The van der Waals surface area contributed by atoms with Crippen molar-refractivity contribution in [3.05, 3.63) is 96.4 Å². The van der Waals surface area contributed by atoms with E-state index in [-0.39, 0.29) is 24.8 Å². The van der Waals surface area contributed by atoms with Gasteiger partial charge in [-0.1, -0.05) is 42.5 Å². The summed E-state index contributed by atoms with van der Waals surface area (Å²) in [6.45, 7) is 0.227. The number of nitriles is 1. The predicted octanol–water partition coefficient (Wildman–Crippen LogP) is 5.92. The van der Waals surface area contributed by atoms with Crippen LogP contribution in [0.2, 0.25) is 0 Å². The number of carbonyl (C=O) groups excluding carboxylic acids is 1. The highest BCUT2D eigenvalue weighted by atomic mass is 16.6. The van der Waals surface area contributed by atoms with Crippen molar-refractivity contribution in [3.63, 3.8) is 0 Å². The summed E-state index contributed by atoms with van der Waals surface area (Å²) in [7, 11) is 1.89. The summed E-state index contributed by atoms with van der Waals surface area (Å²) in [6, 6.07) is 23.7. The third kappa shape index (κ3) is 6.01. The molecule has 38 heavy (non-hydrogen) atoms. The summed E-state index contributed by atoms with van der Waals surface area (Å²) in [5.41, 5.74) is 4.39. The minimum Gasteiger partial charge on any atom is -0.444 e. The molecule has 8 heteroatoms. The van der Waals surface area contributed by atoms with E-state index in [0.717, 1.165) is 53.9 Å². The Labute approximate surface area is 222 Å². The number of anilines is 2. The normalized spacial score (nSPS) is 16.8. The highest BCUT2D eigenvalue weighted by Crippen LogP contribution is 2.31. The highest BCUT2D eigenvalue weighted by Gasteiger charge is 2.31. The van der Waals surface area contributed by atoms with Gasteiger partial charge >= 0.3 is 6.09 Å². The first kappa shape index (κ1) is 25.0. The number of carbonyl (C=O) groups is 1. The van der Waals surface area contributed by atoms with Gasteiger partial charge in [0.15, 0.2) is 0 Å². The highest BCUT2D eigenvalue weighted by molar-refractivity contribution is 5.88. The molecule has 1 aliphatic rings. The minimum atomic E-state index is -0.340. The van der Waals surface area contributed by atoms with Crippen LogP contribution in [-0.4, -0.2) is 32.9 Å². The van der Waals surface area contributed by atoms with Crippen LogP contribution in [0.1, 0.15) is 36.8 Å². The van der Waals surface area contributed by atoms with E-state index < -0.39 is 0 Å². The largest absolute Gasteiger partial charge is 0.444 e. The molecule has 0 spiro atoms. The number of nitrogens with one attached hydrogen (secondary N) is 1. The van der Waals surface area contributed by atoms with Crippen LogP contribution in [0.15, 0.2) is 85.3 Å². The number of rotatable bonds is 7. The average molecular weight is 507 g/mol. The molecule has 1 aliphatic carbocycles. The van der Waals surface area contributed by atoms with E-state index in [1.54, 1.807) is 16.9 Å². The van der Waals surface area contributed by atoms with Crippen LogP contribution in [0.5, 0.6) is 0 Å². The second-order valence-corrected chi connectivity index (χ2v) is 9.55. The Bertz CT molecular complexity index is 1390. The van der Waals surface area contributed by atoms with E-state index in [9.17, 15) is 4.79 Å². The molecule has 0 aliphatic heterocycles. The lowest BCUT2D eigenvalue weighted by Gasteiger charge is -2.36. The fourth-order valence-corrected chi connectivity index (χ4v) is 4.87. The van der Waals surface area contributed by atoms with E-state index in [4.69, 9.17) is 10.00 Å². The molecular weight excluding hydrogens is 476 g/mol. The maximum absolute atomic E-state index is 13.4. The molecule has 2 aromatic heterocycles. The summed E-state index contributed by atoms with van der Waals surface area (Å²) in [5.74, 6) is 0.762. The van der Waals surface area contributed by atoms with Crippen LogP contribution in [0.3, 0.4) is 0 Å². The molecule has 0 radical (unpaired) electrons. The van der Waals surface area contributed by atoms with Crippen molar-refractivity contribution >= 4 is 17.6 Å². The molecule has 1 amide bonds. The smallest absolute Gasteiger partial charge is 0.414 e. The maximum Gasteiger partial charge on any atom is 0.414 e. The van der Waals surface area contributed by atoms with E-state index in [1.165, 1.54) is 0 Å². The number of hydrogen-bond acceptors (Lipinski definition) is 6. The lowest BCUT2D eigenvalue weighted by atomic mass is 9.90. The van der Waals surface area contributed by atoms with E-state index in [1.807, 2.05) is 85.0 Å². The van der Waals surface area contributed by atoms with E-state index in [2.05, 4.69) is 21.5 Å². The fraction of sp³-hybridized carbons (Fsp3) is 0.267. The van der Waals surface area contributed by atoms with Gasteiger partial charge in [-0.15, -0.1) is 0 Å². The number of benzene rings is 2. The van der Waals surface area contributed by atoms with Crippen molar-refractivity contribution in [2.75, 3.05) is 10.2 Å². The number of hydrogen-bond donors (Lipinski definition) is 1. The molecule has 0 atom stereocenters. The fourth-order valence-electron chi connectivity index (χ4n) is 4.87. The molecule has 5 rings (SSSR count). The van der Waals surface area contributed by atoms with Crippen LogP contribution in [0.25, 0.3) is 11.1 Å². The Hall–Kier alpha value is -4.64. The SMILES string of the molecule is Cn1cc(-c2ccc(N(C(=O)OCc3ccccc3)[C@H]3CC[C@H](Nc4ccc(C#N)cn4)CC3)cc2)cn1. The van der Waals surface area contributed by atoms with Crippen LogP contribution >= 0.6 is 0 Å². The van der Waals surface area contributed by atoms with Crippen LogP contribution in [0.4, 0.5) is 16.3 Å². The second-order valence-electron chi connectivity index (χ2n) is 9.55.